The van der Waals surface area contributed by atoms with Gasteiger partial charge in [-0.25, -0.2) is 0 Å². The third-order valence-electron chi connectivity index (χ3n) is 3.28. The van der Waals surface area contributed by atoms with E-state index in [4.69, 9.17) is 0 Å². The van der Waals surface area contributed by atoms with Gasteiger partial charge < -0.3 is 10.2 Å². The van der Waals surface area contributed by atoms with Crippen LogP contribution in [0.2, 0.25) is 0 Å². The molecule has 0 bridgehead atoms. The maximum Gasteiger partial charge on any atom is 0.119 e. The van der Waals surface area contributed by atoms with Gasteiger partial charge in [0, 0.05) is 5.56 Å². The standard InChI is InChI=1S/C18H20O2/c1-11(2)7-14-9-15-13(10-18(14)20)5-6-17(19)16(15)8-12(3)4/h5-6,9-10,19-20H,1,3,7-8H2,2,4H3. The Bertz CT molecular complexity index is 696. The number of phenols is 2. The van der Waals surface area contributed by atoms with Crippen molar-refractivity contribution in [3.8, 4) is 11.5 Å². The Hall–Kier alpha value is -2.22. The number of benzene rings is 2. The van der Waals surface area contributed by atoms with Crippen molar-refractivity contribution in [3.05, 3.63) is 59.7 Å². The van der Waals surface area contributed by atoms with E-state index in [0.29, 0.717) is 12.8 Å². The molecule has 0 heterocycles. The molecule has 0 saturated heterocycles. The van der Waals surface area contributed by atoms with Crippen molar-refractivity contribution in [2.75, 3.05) is 0 Å². The summed E-state index contributed by atoms with van der Waals surface area (Å²) >= 11 is 0. The largest absolute Gasteiger partial charge is 0.508 e. The number of hydrogen-bond donors (Lipinski definition) is 2. The van der Waals surface area contributed by atoms with Crippen LogP contribution in [0.5, 0.6) is 11.5 Å². The van der Waals surface area contributed by atoms with Crippen molar-refractivity contribution in [1.29, 1.82) is 0 Å². The first-order chi connectivity index (χ1) is 9.38. The number of hydrogen-bond acceptors (Lipinski definition) is 2. The van der Waals surface area contributed by atoms with E-state index in [-0.39, 0.29) is 11.5 Å². The zero-order valence-corrected chi connectivity index (χ0v) is 12.0. The first kappa shape index (κ1) is 14.2. The molecule has 104 valence electrons. The lowest BCUT2D eigenvalue weighted by Crippen LogP contribution is -1.93. The van der Waals surface area contributed by atoms with Crippen LogP contribution in [-0.2, 0) is 12.8 Å². The number of rotatable bonds is 4. The SMILES string of the molecule is C=C(C)Cc1cc2c(CC(=C)C)c(O)ccc2cc1O. The van der Waals surface area contributed by atoms with Crippen LogP contribution in [0.25, 0.3) is 10.8 Å². The lowest BCUT2D eigenvalue weighted by Gasteiger charge is -2.12. The van der Waals surface area contributed by atoms with E-state index in [9.17, 15) is 10.2 Å². The van der Waals surface area contributed by atoms with Crippen LogP contribution in [0.3, 0.4) is 0 Å². The van der Waals surface area contributed by atoms with Crippen LogP contribution in [0.4, 0.5) is 0 Å². The molecule has 2 aromatic rings. The van der Waals surface area contributed by atoms with Crippen molar-refractivity contribution in [2.24, 2.45) is 0 Å². The summed E-state index contributed by atoms with van der Waals surface area (Å²) in [6, 6.07) is 7.17. The Kier molecular flexibility index (Phi) is 3.84. The summed E-state index contributed by atoms with van der Waals surface area (Å²) in [5, 5.41) is 22.0. The van der Waals surface area contributed by atoms with Gasteiger partial charge in [-0.05, 0) is 61.2 Å². The summed E-state index contributed by atoms with van der Waals surface area (Å²) in [6.45, 7) is 11.7. The summed E-state index contributed by atoms with van der Waals surface area (Å²) in [6.07, 6.45) is 1.25. The average Bonchev–Trinajstić information content (AvgIpc) is 2.34. The molecule has 0 unspecified atom stereocenters. The molecule has 20 heavy (non-hydrogen) atoms. The molecule has 2 rings (SSSR count). The van der Waals surface area contributed by atoms with Gasteiger partial charge >= 0.3 is 0 Å². The van der Waals surface area contributed by atoms with Gasteiger partial charge in [0.05, 0.1) is 0 Å². The minimum Gasteiger partial charge on any atom is -0.508 e. The monoisotopic (exact) mass is 268 g/mol. The number of aromatic hydroxyl groups is 2. The Labute approximate surface area is 119 Å². The number of phenolic OH excluding ortho intramolecular Hbond substituents is 2. The molecule has 0 fully saturated rings. The third-order valence-corrected chi connectivity index (χ3v) is 3.28. The van der Waals surface area contributed by atoms with Crippen LogP contribution in [0, 0.1) is 0 Å². The van der Waals surface area contributed by atoms with Gasteiger partial charge in [-0.15, -0.1) is 0 Å². The molecule has 0 amide bonds. The third kappa shape index (κ3) is 2.85. The van der Waals surface area contributed by atoms with E-state index in [2.05, 4.69) is 13.2 Å². The van der Waals surface area contributed by atoms with Crippen LogP contribution < -0.4 is 0 Å². The average molecular weight is 268 g/mol. The minimum atomic E-state index is 0.271. The number of fused-ring (bicyclic) bond motifs is 1. The molecule has 2 nitrogen and oxygen atoms in total. The Balaban J connectivity index is 2.68. The van der Waals surface area contributed by atoms with Gasteiger partial charge in [0.25, 0.3) is 0 Å². The zero-order valence-electron chi connectivity index (χ0n) is 12.0. The highest BCUT2D eigenvalue weighted by atomic mass is 16.3. The van der Waals surface area contributed by atoms with E-state index in [1.165, 1.54) is 0 Å². The molecular formula is C18H20O2. The summed E-state index contributed by atoms with van der Waals surface area (Å²) in [5.74, 6) is 0.542. The number of allylic oxidation sites excluding steroid dienone is 2. The first-order valence-electron chi connectivity index (χ1n) is 6.63. The van der Waals surface area contributed by atoms with Gasteiger partial charge in [0.1, 0.15) is 11.5 Å². The predicted octanol–water partition coefficient (Wildman–Crippen LogP) is 4.49. The first-order valence-corrected chi connectivity index (χ1v) is 6.63. The highest BCUT2D eigenvalue weighted by molar-refractivity contribution is 5.90. The normalized spacial score (nSPS) is 10.7. The van der Waals surface area contributed by atoms with Crippen LogP contribution in [0.1, 0.15) is 25.0 Å². The predicted molar refractivity (Wildman–Crippen MR) is 84.3 cm³/mol. The fourth-order valence-electron chi connectivity index (χ4n) is 2.41. The molecule has 0 atom stereocenters. The molecule has 2 N–H and O–H groups in total. The smallest absolute Gasteiger partial charge is 0.119 e. The van der Waals surface area contributed by atoms with Gasteiger partial charge in [-0.1, -0.05) is 30.4 Å². The fraction of sp³-hybridized carbons (Fsp3) is 0.222. The van der Waals surface area contributed by atoms with Gasteiger partial charge in [0.15, 0.2) is 0 Å². The molecule has 2 aromatic carbocycles. The molecule has 0 aliphatic heterocycles. The summed E-state index contributed by atoms with van der Waals surface area (Å²) < 4.78 is 0. The lowest BCUT2D eigenvalue weighted by molar-refractivity contribution is 0.468. The van der Waals surface area contributed by atoms with E-state index in [1.54, 1.807) is 12.1 Å². The highest BCUT2D eigenvalue weighted by Gasteiger charge is 2.11. The molecule has 2 heteroatoms. The van der Waals surface area contributed by atoms with Crippen LogP contribution >= 0.6 is 0 Å². The second-order valence-electron chi connectivity index (χ2n) is 5.53. The molecule has 0 spiro atoms. The quantitative estimate of drug-likeness (QED) is 0.802. The lowest BCUT2D eigenvalue weighted by atomic mass is 9.95. The van der Waals surface area contributed by atoms with E-state index < -0.39 is 0 Å². The Morgan fingerprint density at radius 3 is 2.20 bits per heavy atom. The van der Waals surface area contributed by atoms with E-state index in [1.807, 2.05) is 26.0 Å². The van der Waals surface area contributed by atoms with Crippen molar-refractivity contribution in [2.45, 2.75) is 26.7 Å². The van der Waals surface area contributed by atoms with Crippen molar-refractivity contribution in [1.82, 2.24) is 0 Å². The Morgan fingerprint density at radius 2 is 1.60 bits per heavy atom. The van der Waals surface area contributed by atoms with Crippen molar-refractivity contribution in [3.63, 3.8) is 0 Å². The minimum absolute atomic E-state index is 0.271. The molecule has 0 radical (unpaired) electrons. The van der Waals surface area contributed by atoms with Gasteiger partial charge in [-0.3, -0.25) is 0 Å². The van der Waals surface area contributed by atoms with Crippen LogP contribution in [0.15, 0.2) is 48.6 Å². The van der Waals surface area contributed by atoms with Crippen molar-refractivity contribution >= 4 is 10.8 Å². The zero-order chi connectivity index (χ0) is 14.9. The van der Waals surface area contributed by atoms with E-state index in [0.717, 1.165) is 33.0 Å². The van der Waals surface area contributed by atoms with Gasteiger partial charge in [0.2, 0.25) is 0 Å². The molecular weight excluding hydrogens is 248 g/mol. The molecule has 0 aromatic heterocycles. The second-order valence-corrected chi connectivity index (χ2v) is 5.53. The second kappa shape index (κ2) is 5.41. The maximum atomic E-state index is 10.1. The van der Waals surface area contributed by atoms with Crippen LogP contribution in [-0.4, -0.2) is 10.2 Å². The molecule has 0 saturated carbocycles. The van der Waals surface area contributed by atoms with Crippen molar-refractivity contribution < 1.29 is 10.2 Å². The summed E-state index contributed by atoms with van der Waals surface area (Å²) in [5.41, 5.74) is 3.67. The van der Waals surface area contributed by atoms with Gasteiger partial charge in [-0.2, -0.15) is 0 Å². The Morgan fingerprint density at radius 1 is 0.950 bits per heavy atom. The maximum absolute atomic E-state index is 10.1. The molecule has 0 aliphatic rings. The molecule has 0 aliphatic carbocycles. The summed E-state index contributed by atoms with van der Waals surface area (Å²) in [7, 11) is 0. The fourth-order valence-corrected chi connectivity index (χ4v) is 2.41. The topological polar surface area (TPSA) is 40.5 Å². The summed E-state index contributed by atoms with van der Waals surface area (Å²) in [4.78, 5) is 0. The highest BCUT2D eigenvalue weighted by Crippen LogP contribution is 2.33. The van der Waals surface area contributed by atoms with E-state index >= 15 is 0 Å².